The van der Waals surface area contributed by atoms with Gasteiger partial charge in [-0.05, 0) is 29.8 Å². The summed E-state index contributed by atoms with van der Waals surface area (Å²) in [5.74, 6) is 0.221. The van der Waals surface area contributed by atoms with E-state index in [9.17, 15) is 14.9 Å². The number of nitrogens with zero attached hydrogens (tertiary/aromatic N) is 2. The largest absolute Gasteiger partial charge is 0.412 e. The number of amides is 1. The Kier molecular flexibility index (Phi) is 7.27. The third-order valence-electron chi connectivity index (χ3n) is 4.35. The fourth-order valence-electron chi connectivity index (χ4n) is 2.92. The third-order valence-corrected chi connectivity index (χ3v) is 5.08. The molecule has 29 heavy (non-hydrogen) atoms. The van der Waals surface area contributed by atoms with Crippen LogP contribution in [0.3, 0.4) is 0 Å². The quantitative estimate of drug-likeness (QED) is 0.541. The maximum atomic E-state index is 12.0. The van der Waals surface area contributed by atoms with Crippen LogP contribution < -0.4 is 10.1 Å². The molecule has 8 nitrogen and oxygen atoms in total. The van der Waals surface area contributed by atoms with Crippen LogP contribution in [0.5, 0.6) is 5.75 Å². The van der Waals surface area contributed by atoms with Crippen molar-refractivity contribution in [3.63, 3.8) is 0 Å². The fourth-order valence-corrected chi connectivity index (χ4v) is 3.24. The van der Waals surface area contributed by atoms with Crippen molar-refractivity contribution in [1.29, 1.82) is 0 Å². The van der Waals surface area contributed by atoms with E-state index in [1.807, 2.05) is 12.1 Å². The van der Waals surface area contributed by atoms with Crippen LogP contribution in [0.2, 0.25) is 10.0 Å². The van der Waals surface area contributed by atoms with Gasteiger partial charge in [-0.3, -0.25) is 15.0 Å². The Balaban J connectivity index is 1.45. The van der Waals surface area contributed by atoms with E-state index in [2.05, 4.69) is 10.2 Å². The van der Waals surface area contributed by atoms with Crippen LogP contribution in [0.1, 0.15) is 5.56 Å². The summed E-state index contributed by atoms with van der Waals surface area (Å²) < 4.78 is 10.8. The van der Waals surface area contributed by atoms with Crippen molar-refractivity contribution in [2.75, 3.05) is 26.2 Å². The van der Waals surface area contributed by atoms with E-state index < -0.39 is 11.0 Å². The maximum Gasteiger partial charge on any atom is 0.412 e. The topological polar surface area (TPSA) is 93.9 Å². The zero-order valence-electron chi connectivity index (χ0n) is 15.3. The zero-order valence-corrected chi connectivity index (χ0v) is 16.9. The van der Waals surface area contributed by atoms with E-state index in [0.29, 0.717) is 29.7 Å². The van der Waals surface area contributed by atoms with Gasteiger partial charge in [-0.25, -0.2) is 4.79 Å². The highest BCUT2D eigenvalue weighted by Gasteiger charge is 2.21. The van der Waals surface area contributed by atoms with E-state index in [4.69, 9.17) is 32.7 Å². The molecule has 1 unspecified atom stereocenters. The molecule has 1 atom stereocenters. The normalized spacial score (nSPS) is 17.0. The lowest BCUT2D eigenvalue weighted by Gasteiger charge is -2.33. The molecule has 0 spiro atoms. The number of non-ortho nitro benzene ring substituents is 1. The Labute approximate surface area is 177 Å². The van der Waals surface area contributed by atoms with Gasteiger partial charge in [0.2, 0.25) is 0 Å². The molecule has 1 amide bonds. The highest BCUT2D eigenvalue weighted by molar-refractivity contribution is 6.42. The first kappa shape index (κ1) is 21.3. The Morgan fingerprint density at radius 3 is 2.69 bits per heavy atom. The lowest BCUT2D eigenvalue weighted by atomic mass is 10.2. The number of carbonyl (C=O) groups is 1. The van der Waals surface area contributed by atoms with Crippen molar-refractivity contribution >= 4 is 35.0 Å². The summed E-state index contributed by atoms with van der Waals surface area (Å²) in [5, 5.41) is 14.3. The van der Waals surface area contributed by atoms with Gasteiger partial charge < -0.3 is 14.8 Å². The molecule has 1 heterocycles. The Morgan fingerprint density at radius 2 is 2.00 bits per heavy atom. The average molecular weight is 440 g/mol. The minimum absolute atomic E-state index is 0.0737. The molecule has 3 rings (SSSR count). The first-order chi connectivity index (χ1) is 13.9. The molecule has 2 aromatic carbocycles. The van der Waals surface area contributed by atoms with Crippen LogP contribution in [0.4, 0.5) is 10.5 Å². The van der Waals surface area contributed by atoms with Crippen LogP contribution in [0.15, 0.2) is 42.5 Å². The number of hydrogen-bond acceptors (Lipinski definition) is 6. The number of halogens is 2. The van der Waals surface area contributed by atoms with Gasteiger partial charge in [-0.1, -0.05) is 29.3 Å². The number of morpholine rings is 1. The van der Waals surface area contributed by atoms with Crippen LogP contribution in [-0.2, 0) is 11.3 Å². The molecule has 1 saturated heterocycles. The van der Waals surface area contributed by atoms with Crippen LogP contribution >= 0.6 is 23.2 Å². The summed E-state index contributed by atoms with van der Waals surface area (Å²) in [4.78, 5) is 24.3. The predicted molar refractivity (Wildman–Crippen MR) is 109 cm³/mol. The zero-order chi connectivity index (χ0) is 20.8. The van der Waals surface area contributed by atoms with E-state index in [1.165, 1.54) is 24.3 Å². The monoisotopic (exact) mass is 439 g/mol. The third kappa shape index (κ3) is 6.30. The van der Waals surface area contributed by atoms with Crippen molar-refractivity contribution in [1.82, 2.24) is 10.2 Å². The molecule has 1 N–H and O–H groups in total. The standard InChI is InChI=1S/C19H19Cl2N3O5/c20-17-6-1-13(9-18(17)21)11-23-7-8-28-16(12-23)10-22-19(25)29-15-4-2-14(3-5-15)24(26)27/h1-6,9,16H,7-8,10-12H2,(H,22,25). The molecular formula is C19H19Cl2N3O5. The smallest absolute Gasteiger partial charge is 0.410 e. The Morgan fingerprint density at radius 1 is 1.24 bits per heavy atom. The second-order valence-electron chi connectivity index (χ2n) is 6.50. The van der Waals surface area contributed by atoms with Crippen LogP contribution in [0.25, 0.3) is 0 Å². The number of hydrogen-bond donors (Lipinski definition) is 1. The molecule has 1 aliphatic heterocycles. The summed E-state index contributed by atoms with van der Waals surface area (Å²) >= 11 is 12.0. The number of ether oxygens (including phenoxy) is 2. The van der Waals surface area contributed by atoms with Gasteiger partial charge in [0.1, 0.15) is 5.75 Å². The summed E-state index contributed by atoms with van der Waals surface area (Å²) in [6.45, 7) is 2.93. The molecule has 0 radical (unpaired) electrons. The van der Waals surface area contributed by atoms with Crippen molar-refractivity contribution < 1.29 is 19.2 Å². The van der Waals surface area contributed by atoms with E-state index >= 15 is 0 Å². The first-order valence-electron chi connectivity index (χ1n) is 8.89. The van der Waals surface area contributed by atoms with E-state index in [1.54, 1.807) is 6.07 Å². The number of rotatable bonds is 6. The van der Waals surface area contributed by atoms with Crippen LogP contribution in [0, 0.1) is 10.1 Å². The van der Waals surface area contributed by atoms with Gasteiger partial charge in [0.15, 0.2) is 0 Å². The summed E-state index contributed by atoms with van der Waals surface area (Å²) in [6, 6.07) is 10.8. The van der Waals surface area contributed by atoms with Crippen LogP contribution in [-0.4, -0.2) is 48.3 Å². The number of nitro benzene ring substituents is 1. The van der Waals surface area contributed by atoms with Gasteiger partial charge in [-0.2, -0.15) is 0 Å². The summed E-state index contributed by atoms with van der Waals surface area (Å²) in [5.41, 5.74) is 0.973. The highest BCUT2D eigenvalue weighted by atomic mass is 35.5. The lowest BCUT2D eigenvalue weighted by molar-refractivity contribution is -0.384. The van der Waals surface area contributed by atoms with Gasteiger partial charge in [0.05, 0.1) is 27.7 Å². The second kappa shape index (κ2) is 9.89. The van der Waals surface area contributed by atoms with Gasteiger partial charge >= 0.3 is 6.09 Å². The number of benzene rings is 2. The fraction of sp³-hybridized carbons (Fsp3) is 0.316. The molecular weight excluding hydrogens is 421 g/mol. The first-order valence-corrected chi connectivity index (χ1v) is 9.64. The molecule has 154 valence electrons. The van der Waals surface area contributed by atoms with Crippen molar-refractivity contribution in [2.24, 2.45) is 0 Å². The average Bonchev–Trinajstić information content (AvgIpc) is 2.70. The second-order valence-corrected chi connectivity index (χ2v) is 7.31. The molecule has 0 aromatic heterocycles. The van der Waals surface area contributed by atoms with Gasteiger partial charge in [-0.15, -0.1) is 0 Å². The SMILES string of the molecule is O=C(NCC1CN(Cc2ccc(Cl)c(Cl)c2)CCO1)Oc1ccc([N+](=O)[O-])cc1. The summed E-state index contributed by atoms with van der Waals surface area (Å²) in [6.07, 6.45) is -0.833. The minimum Gasteiger partial charge on any atom is -0.410 e. The summed E-state index contributed by atoms with van der Waals surface area (Å²) in [7, 11) is 0. The molecule has 0 saturated carbocycles. The molecule has 10 heteroatoms. The molecule has 1 fully saturated rings. The molecule has 0 bridgehead atoms. The Bertz CT molecular complexity index is 879. The molecule has 2 aromatic rings. The van der Waals surface area contributed by atoms with E-state index in [-0.39, 0.29) is 24.1 Å². The number of carbonyl (C=O) groups excluding carboxylic acids is 1. The van der Waals surface area contributed by atoms with Crippen molar-refractivity contribution in [3.05, 3.63) is 68.2 Å². The lowest BCUT2D eigenvalue weighted by Crippen LogP contribution is -2.47. The van der Waals surface area contributed by atoms with E-state index in [0.717, 1.165) is 12.1 Å². The van der Waals surface area contributed by atoms with Crippen molar-refractivity contribution in [2.45, 2.75) is 12.6 Å². The molecule has 0 aliphatic carbocycles. The number of nitro groups is 1. The van der Waals surface area contributed by atoms with Crippen molar-refractivity contribution in [3.8, 4) is 5.75 Å². The highest BCUT2D eigenvalue weighted by Crippen LogP contribution is 2.23. The Hall–Kier alpha value is -2.39. The minimum atomic E-state index is -0.649. The predicted octanol–water partition coefficient (Wildman–Crippen LogP) is 3.89. The number of nitrogens with one attached hydrogen (secondary N) is 1. The maximum absolute atomic E-state index is 12.0. The molecule has 1 aliphatic rings. The van der Waals surface area contributed by atoms with Gasteiger partial charge in [0, 0.05) is 38.3 Å². The van der Waals surface area contributed by atoms with Gasteiger partial charge in [0.25, 0.3) is 5.69 Å².